The molecule has 0 saturated carbocycles. The molecular formula is C15H19N5O3. The Balaban J connectivity index is 1.45. The van der Waals surface area contributed by atoms with Crippen LogP contribution in [0.3, 0.4) is 0 Å². The van der Waals surface area contributed by atoms with Gasteiger partial charge in [-0.05, 0) is 18.9 Å². The summed E-state index contributed by atoms with van der Waals surface area (Å²) >= 11 is 0. The lowest BCUT2D eigenvalue weighted by Gasteiger charge is -2.32. The van der Waals surface area contributed by atoms with Crippen LogP contribution < -0.4 is 10.6 Å². The Kier molecular flexibility index (Phi) is 4.31. The molecule has 2 aromatic heterocycles. The van der Waals surface area contributed by atoms with Gasteiger partial charge in [0.25, 0.3) is 5.91 Å². The van der Waals surface area contributed by atoms with E-state index in [9.17, 15) is 9.59 Å². The Labute approximate surface area is 133 Å². The Bertz CT molecular complexity index is 671. The molecule has 3 heterocycles. The minimum absolute atomic E-state index is 0.0305. The molecule has 23 heavy (non-hydrogen) atoms. The van der Waals surface area contributed by atoms with Crippen molar-refractivity contribution in [1.82, 2.24) is 20.0 Å². The normalized spacial score (nSPS) is 15.4. The van der Waals surface area contributed by atoms with Crippen molar-refractivity contribution in [3.8, 4) is 0 Å². The lowest BCUT2D eigenvalue weighted by molar-refractivity contribution is 0.0708. The highest BCUT2D eigenvalue weighted by molar-refractivity contribution is 5.94. The predicted molar refractivity (Wildman–Crippen MR) is 83.0 cm³/mol. The highest BCUT2D eigenvalue weighted by Gasteiger charge is 2.25. The number of aryl methyl sites for hydroxylation is 1. The van der Waals surface area contributed by atoms with Crippen LogP contribution >= 0.6 is 0 Å². The second-order valence-electron chi connectivity index (χ2n) is 5.58. The van der Waals surface area contributed by atoms with E-state index in [4.69, 9.17) is 4.42 Å². The average Bonchev–Trinajstić information content (AvgIpc) is 3.19. The Morgan fingerprint density at radius 2 is 2.13 bits per heavy atom. The number of piperidine rings is 1. The smallest absolute Gasteiger partial charge is 0.319 e. The molecule has 2 N–H and O–H groups in total. The van der Waals surface area contributed by atoms with Crippen LogP contribution in [0.1, 0.15) is 23.2 Å². The van der Waals surface area contributed by atoms with E-state index >= 15 is 0 Å². The highest BCUT2D eigenvalue weighted by Crippen LogP contribution is 2.14. The Morgan fingerprint density at radius 1 is 1.35 bits per heavy atom. The zero-order valence-corrected chi connectivity index (χ0v) is 12.9. The van der Waals surface area contributed by atoms with Crippen molar-refractivity contribution in [3.05, 3.63) is 36.5 Å². The summed E-state index contributed by atoms with van der Waals surface area (Å²) in [6, 6.07) is 1.46. The summed E-state index contributed by atoms with van der Waals surface area (Å²) in [5.41, 5.74) is 1.21. The quantitative estimate of drug-likeness (QED) is 0.896. The second kappa shape index (κ2) is 6.55. The van der Waals surface area contributed by atoms with Crippen molar-refractivity contribution < 1.29 is 14.0 Å². The van der Waals surface area contributed by atoms with Crippen LogP contribution in [-0.4, -0.2) is 45.8 Å². The molecule has 3 rings (SSSR count). The van der Waals surface area contributed by atoms with Crippen LogP contribution in [0.15, 0.2) is 35.4 Å². The summed E-state index contributed by atoms with van der Waals surface area (Å²) in [5, 5.41) is 9.66. The maximum absolute atomic E-state index is 12.2. The van der Waals surface area contributed by atoms with Gasteiger partial charge in [0.1, 0.15) is 6.26 Å². The number of likely N-dealkylation sites (tertiary alicyclic amines) is 1. The van der Waals surface area contributed by atoms with Crippen LogP contribution in [0.5, 0.6) is 0 Å². The molecule has 0 atom stereocenters. The van der Waals surface area contributed by atoms with E-state index in [0.29, 0.717) is 24.3 Å². The first-order chi connectivity index (χ1) is 11.1. The van der Waals surface area contributed by atoms with Crippen LogP contribution in [0, 0.1) is 0 Å². The third-order valence-corrected chi connectivity index (χ3v) is 3.85. The molecule has 0 spiro atoms. The van der Waals surface area contributed by atoms with Gasteiger partial charge in [-0.3, -0.25) is 9.48 Å². The minimum atomic E-state index is -0.252. The molecule has 0 aliphatic carbocycles. The maximum Gasteiger partial charge on any atom is 0.319 e. The summed E-state index contributed by atoms with van der Waals surface area (Å²) in [4.78, 5) is 25.9. The molecule has 3 amide bonds. The highest BCUT2D eigenvalue weighted by atomic mass is 16.3. The molecule has 8 nitrogen and oxygen atoms in total. The van der Waals surface area contributed by atoms with Crippen molar-refractivity contribution in [2.24, 2.45) is 7.05 Å². The number of hydrogen-bond acceptors (Lipinski definition) is 4. The number of carbonyl (C=O) groups excluding carboxylic acids is 2. The van der Waals surface area contributed by atoms with Gasteiger partial charge in [-0.25, -0.2) is 4.79 Å². The molecule has 0 unspecified atom stereocenters. The van der Waals surface area contributed by atoms with Gasteiger partial charge >= 0.3 is 6.03 Å². The molecule has 8 heteroatoms. The van der Waals surface area contributed by atoms with Gasteiger partial charge in [-0.2, -0.15) is 5.10 Å². The number of aromatic nitrogens is 2. The van der Waals surface area contributed by atoms with Gasteiger partial charge in [0.15, 0.2) is 0 Å². The summed E-state index contributed by atoms with van der Waals surface area (Å²) in [6.45, 7) is 1.23. The fourth-order valence-corrected chi connectivity index (χ4v) is 2.63. The molecule has 2 aromatic rings. The SMILES string of the molecule is Cn1cc(NC(=O)NC2CCN(C(=O)c3ccoc3)CC2)cn1. The van der Waals surface area contributed by atoms with Gasteiger partial charge in [0.05, 0.1) is 23.7 Å². The Morgan fingerprint density at radius 3 is 2.74 bits per heavy atom. The second-order valence-corrected chi connectivity index (χ2v) is 5.58. The molecule has 122 valence electrons. The fraction of sp³-hybridized carbons (Fsp3) is 0.400. The van der Waals surface area contributed by atoms with Gasteiger partial charge in [0, 0.05) is 32.4 Å². The molecule has 1 saturated heterocycles. The van der Waals surface area contributed by atoms with E-state index in [-0.39, 0.29) is 18.0 Å². The first-order valence-corrected chi connectivity index (χ1v) is 7.49. The Hall–Kier alpha value is -2.77. The van der Waals surface area contributed by atoms with Crippen LogP contribution in [0.2, 0.25) is 0 Å². The summed E-state index contributed by atoms with van der Waals surface area (Å²) in [6.07, 6.45) is 7.71. The number of nitrogens with zero attached hydrogens (tertiary/aromatic N) is 3. The molecule has 0 radical (unpaired) electrons. The van der Waals surface area contributed by atoms with E-state index in [0.717, 1.165) is 12.8 Å². The van der Waals surface area contributed by atoms with Gasteiger partial charge in [0.2, 0.25) is 0 Å². The zero-order chi connectivity index (χ0) is 16.2. The van der Waals surface area contributed by atoms with E-state index in [2.05, 4.69) is 15.7 Å². The maximum atomic E-state index is 12.2. The van der Waals surface area contributed by atoms with E-state index in [1.807, 2.05) is 0 Å². The van der Waals surface area contributed by atoms with Crippen molar-refractivity contribution in [2.45, 2.75) is 18.9 Å². The minimum Gasteiger partial charge on any atom is -0.472 e. The zero-order valence-electron chi connectivity index (χ0n) is 12.9. The molecular weight excluding hydrogens is 298 g/mol. The number of carbonyl (C=O) groups is 2. The number of anilines is 1. The van der Waals surface area contributed by atoms with E-state index in [1.54, 1.807) is 35.1 Å². The number of furan rings is 1. The fourth-order valence-electron chi connectivity index (χ4n) is 2.63. The van der Waals surface area contributed by atoms with E-state index < -0.39 is 0 Å². The molecule has 0 aromatic carbocycles. The van der Waals surface area contributed by atoms with Crippen molar-refractivity contribution in [1.29, 1.82) is 0 Å². The standard InChI is InChI=1S/C15H19N5O3/c1-19-9-13(8-16-19)18-15(22)17-12-2-5-20(6-3-12)14(21)11-4-7-23-10-11/h4,7-10,12H,2-3,5-6H2,1H3,(H2,17,18,22). The summed E-state index contributed by atoms with van der Waals surface area (Å²) < 4.78 is 6.56. The number of nitrogens with one attached hydrogen (secondary N) is 2. The average molecular weight is 317 g/mol. The molecule has 1 aliphatic rings. The first-order valence-electron chi connectivity index (χ1n) is 7.49. The molecule has 1 aliphatic heterocycles. The number of hydrogen-bond donors (Lipinski definition) is 2. The summed E-state index contributed by atoms with van der Waals surface area (Å²) in [7, 11) is 1.79. The predicted octanol–water partition coefficient (Wildman–Crippen LogP) is 1.44. The molecule has 1 fully saturated rings. The van der Waals surface area contributed by atoms with Crippen molar-refractivity contribution >= 4 is 17.6 Å². The van der Waals surface area contributed by atoms with Gasteiger partial charge in [-0.15, -0.1) is 0 Å². The first kappa shape index (κ1) is 15.1. The van der Waals surface area contributed by atoms with Crippen molar-refractivity contribution in [2.75, 3.05) is 18.4 Å². The number of rotatable bonds is 3. The number of urea groups is 1. The largest absolute Gasteiger partial charge is 0.472 e. The van der Waals surface area contributed by atoms with Crippen LogP contribution in [-0.2, 0) is 7.05 Å². The van der Waals surface area contributed by atoms with Gasteiger partial charge in [-0.1, -0.05) is 0 Å². The third kappa shape index (κ3) is 3.71. The van der Waals surface area contributed by atoms with Gasteiger partial charge < -0.3 is 20.0 Å². The van der Waals surface area contributed by atoms with Crippen LogP contribution in [0.25, 0.3) is 0 Å². The number of amides is 3. The van der Waals surface area contributed by atoms with E-state index in [1.165, 1.54) is 12.5 Å². The molecule has 0 bridgehead atoms. The van der Waals surface area contributed by atoms with Crippen LogP contribution in [0.4, 0.5) is 10.5 Å². The monoisotopic (exact) mass is 317 g/mol. The van der Waals surface area contributed by atoms with Crippen molar-refractivity contribution in [3.63, 3.8) is 0 Å². The lowest BCUT2D eigenvalue weighted by atomic mass is 10.0. The lowest BCUT2D eigenvalue weighted by Crippen LogP contribution is -2.47. The topological polar surface area (TPSA) is 92.4 Å². The summed E-state index contributed by atoms with van der Waals surface area (Å²) in [5.74, 6) is -0.0305. The third-order valence-electron chi connectivity index (χ3n) is 3.85.